The van der Waals surface area contributed by atoms with Crippen LogP contribution in [0.5, 0.6) is 11.5 Å². The quantitative estimate of drug-likeness (QED) is 0.710. The van der Waals surface area contributed by atoms with Crippen molar-refractivity contribution >= 4 is 5.97 Å². The highest BCUT2D eigenvalue weighted by molar-refractivity contribution is 5.69. The lowest BCUT2D eigenvalue weighted by molar-refractivity contribution is -0.141. The molecule has 0 aromatic heterocycles. The van der Waals surface area contributed by atoms with E-state index in [1.54, 1.807) is 7.11 Å². The number of nitrogens with one attached hydrogen (secondary N) is 1. The first kappa shape index (κ1) is 17.3. The molecular weight excluding hydrogens is 270 g/mol. The Balaban J connectivity index is 2.78. The molecule has 5 nitrogen and oxygen atoms in total. The monoisotopic (exact) mass is 295 g/mol. The first-order valence-corrected chi connectivity index (χ1v) is 7.23. The third-order valence-electron chi connectivity index (χ3n) is 3.18. The predicted octanol–water partition coefficient (Wildman–Crippen LogP) is 2.70. The number of ether oxygens (including phenoxy) is 3. The summed E-state index contributed by atoms with van der Waals surface area (Å²) >= 11 is 0. The Labute approximate surface area is 126 Å². The van der Waals surface area contributed by atoms with Gasteiger partial charge in [0.25, 0.3) is 0 Å². The average Bonchev–Trinajstić information content (AvgIpc) is 2.52. The molecule has 1 rings (SSSR count). The van der Waals surface area contributed by atoms with E-state index < -0.39 is 0 Å². The summed E-state index contributed by atoms with van der Waals surface area (Å²) in [5, 5.41) is 3.42. The highest BCUT2D eigenvalue weighted by Crippen LogP contribution is 2.29. The maximum Gasteiger partial charge on any atom is 0.308 e. The summed E-state index contributed by atoms with van der Waals surface area (Å²) < 4.78 is 15.6. The maximum atomic E-state index is 11.1. The number of esters is 1. The molecule has 0 aliphatic carbocycles. The molecule has 0 spiro atoms. The van der Waals surface area contributed by atoms with Crippen molar-refractivity contribution < 1.29 is 19.0 Å². The fourth-order valence-electron chi connectivity index (χ4n) is 1.94. The van der Waals surface area contributed by atoms with E-state index in [0.717, 1.165) is 30.0 Å². The highest BCUT2D eigenvalue weighted by Gasteiger charge is 2.13. The van der Waals surface area contributed by atoms with Crippen molar-refractivity contribution in [2.24, 2.45) is 0 Å². The minimum absolute atomic E-state index is 0.170. The summed E-state index contributed by atoms with van der Waals surface area (Å²) in [5.41, 5.74) is 1.05. The van der Waals surface area contributed by atoms with E-state index in [4.69, 9.17) is 9.47 Å². The van der Waals surface area contributed by atoms with Gasteiger partial charge in [-0.2, -0.15) is 0 Å². The van der Waals surface area contributed by atoms with Crippen molar-refractivity contribution in [1.29, 1.82) is 0 Å². The molecule has 0 saturated carbocycles. The SMILES string of the molecule is CCCNC(C)c1ccc(OC)cc1OCCC(=O)OC. The van der Waals surface area contributed by atoms with Gasteiger partial charge in [-0.25, -0.2) is 0 Å². The first-order valence-electron chi connectivity index (χ1n) is 7.23. The second-order valence-corrected chi connectivity index (χ2v) is 4.75. The van der Waals surface area contributed by atoms with Gasteiger partial charge in [0.15, 0.2) is 0 Å². The Bertz CT molecular complexity index is 448. The largest absolute Gasteiger partial charge is 0.497 e. The van der Waals surface area contributed by atoms with Crippen molar-refractivity contribution in [3.63, 3.8) is 0 Å². The molecule has 0 fully saturated rings. The van der Waals surface area contributed by atoms with Gasteiger partial charge >= 0.3 is 5.97 Å². The van der Waals surface area contributed by atoms with E-state index in [-0.39, 0.29) is 25.0 Å². The van der Waals surface area contributed by atoms with E-state index in [1.165, 1.54) is 7.11 Å². The van der Waals surface area contributed by atoms with Gasteiger partial charge in [0.2, 0.25) is 0 Å². The molecule has 0 heterocycles. The fourth-order valence-corrected chi connectivity index (χ4v) is 1.94. The number of hydrogen-bond acceptors (Lipinski definition) is 5. The summed E-state index contributed by atoms with van der Waals surface area (Å²) in [4.78, 5) is 11.1. The van der Waals surface area contributed by atoms with Gasteiger partial charge in [0.05, 0.1) is 27.2 Å². The van der Waals surface area contributed by atoms with Crippen LogP contribution in [0.25, 0.3) is 0 Å². The molecule has 0 bridgehead atoms. The summed E-state index contributed by atoms with van der Waals surface area (Å²) in [6.45, 7) is 5.44. The summed E-state index contributed by atoms with van der Waals surface area (Å²) in [5.74, 6) is 1.18. The van der Waals surface area contributed by atoms with Crippen molar-refractivity contribution in [3.05, 3.63) is 23.8 Å². The lowest BCUT2D eigenvalue weighted by atomic mass is 10.1. The Kier molecular flexibility index (Phi) is 7.61. The number of carbonyl (C=O) groups is 1. The summed E-state index contributed by atoms with van der Waals surface area (Å²) in [6, 6.07) is 5.91. The molecular formula is C16H25NO4. The molecule has 1 unspecified atom stereocenters. The van der Waals surface area contributed by atoms with Gasteiger partial charge in [-0.3, -0.25) is 4.79 Å². The molecule has 5 heteroatoms. The van der Waals surface area contributed by atoms with Gasteiger partial charge in [0, 0.05) is 17.7 Å². The molecule has 0 aliphatic heterocycles. The van der Waals surface area contributed by atoms with Gasteiger partial charge in [0.1, 0.15) is 11.5 Å². The second kappa shape index (κ2) is 9.23. The van der Waals surface area contributed by atoms with Crippen LogP contribution in [0.3, 0.4) is 0 Å². The molecule has 1 aromatic carbocycles. The highest BCUT2D eigenvalue weighted by atomic mass is 16.5. The molecule has 1 N–H and O–H groups in total. The van der Waals surface area contributed by atoms with E-state index in [2.05, 4.69) is 23.9 Å². The Morgan fingerprint density at radius 3 is 2.71 bits per heavy atom. The maximum absolute atomic E-state index is 11.1. The number of rotatable bonds is 9. The molecule has 0 radical (unpaired) electrons. The minimum atomic E-state index is -0.281. The van der Waals surface area contributed by atoms with Crippen LogP contribution in [0.2, 0.25) is 0 Å². The molecule has 21 heavy (non-hydrogen) atoms. The number of carbonyl (C=O) groups excluding carboxylic acids is 1. The fraction of sp³-hybridized carbons (Fsp3) is 0.562. The molecule has 1 aromatic rings. The van der Waals surface area contributed by atoms with Crippen LogP contribution in [-0.2, 0) is 9.53 Å². The third-order valence-corrected chi connectivity index (χ3v) is 3.18. The molecule has 0 amide bonds. The van der Waals surface area contributed by atoms with E-state index >= 15 is 0 Å². The van der Waals surface area contributed by atoms with Gasteiger partial charge < -0.3 is 19.5 Å². The minimum Gasteiger partial charge on any atom is -0.497 e. The van der Waals surface area contributed by atoms with Gasteiger partial charge in [-0.05, 0) is 26.0 Å². The number of benzene rings is 1. The summed E-state index contributed by atoms with van der Waals surface area (Å²) in [6.07, 6.45) is 1.29. The van der Waals surface area contributed by atoms with E-state index in [1.807, 2.05) is 18.2 Å². The van der Waals surface area contributed by atoms with Gasteiger partial charge in [-0.1, -0.05) is 13.0 Å². The van der Waals surface area contributed by atoms with Crippen LogP contribution < -0.4 is 14.8 Å². The molecule has 0 saturated heterocycles. The van der Waals surface area contributed by atoms with Crippen molar-refractivity contribution in [3.8, 4) is 11.5 Å². The lowest BCUT2D eigenvalue weighted by Crippen LogP contribution is -2.20. The van der Waals surface area contributed by atoms with Crippen LogP contribution in [0.1, 0.15) is 38.3 Å². The van der Waals surface area contributed by atoms with Crippen LogP contribution in [0, 0.1) is 0 Å². The predicted molar refractivity (Wildman–Crippen MR) is 81.8 cm³/mol. The average molecular weight is 295 g/mol. The van der Waals surface area contributed by atoms with E-state index in [9.17, 15) is 4.79 Å². The topological polar surface area (TPSA) is 56.8 Å². The Morgan fingerprint density at radius 1 is 1.33 bits per heavy atom. The second-order valence-electron chi connectivity index (χ2n) is 4.75. The Morgan fingerprint density at radius 2 is 2.10 bits per heavy atom. The number of methoxy groups -OCH3 is 2. The zero-order valence-electron chi connectivity index (χ0n) is 13.3. The first-order chi connectivity index (χ1) is 10.1. The Hall–Kier alpha value is -1.75. The van der Waals surface area contributed by atoms with Crippen molar-refractivity contribution in [2.75, 3.05) is 27.4 Å². The molecule has 0 aliphatic rings. The third kappa shape index (κ3) is 5.63. The van der Waals surface area contributed by atoms with Crippen LogP contribution in [-0.4, -0.2) is 33.3 Å². The summed E-state index contributed by atoms with van der Waals surface area (Å²) in [7, 11) is 2.99. The zero-order chi connectivity index (χ0) is 15.7. The number of hydrogen-bond donors (Lipinski definition) is 1. The normalized spacial score (nSPS) is 11.8. The van der Waals surface area contributed by atoms with Crippen molar-refractivity contribution in [2.45, 2.75) is 32.7 Å². The van der Waals surface area contributed by atoms with Crippen LogP contribution >= 0.6 is 0 Å². The van der Waals surface area contributed by atoms with E-state index in [0.29, 0.717) is 0 Å². The van der Waals surface area contributed by atoms with Crippen molar-refractivity contribution in [1.82, 2.24) is 5.32 Å². The molecule has 118 valence electrons. The lowest BCUT2D eigenvalue weighted by Gasteiger charge is -2.19. The zero-order valence-corrected chi connectivity index (χ0v) is 13.3. The smallest absolute Gasteiger partial charge is 0.308 e. The molecule has 1 atom stereocenters. The van der Waals surface area contributed by atoms with Crippen LogP contribution in [0.15, 0.2) is 18.2 Å². The standard InChI is InChI=1S/C16H25NO4/c1-5-9-17-12(2)14-7-6-13(19-3)11-15(14)21-10-8-16(18)20-4/h6-7,11-12,17H,5,8-10H2,1-4H3. The van der Waals surface area contributed by atoms with Gasteiger partial charge in [-0.15, -0.1) is 0 Å². The van der Waals surface area contributed by atoms with Crippen LogP contribution in [0.4, 0.5) is 0 Å².